The quantitative estimate of drug-likeness (QED) is 0.714. The van der Waals surface area contributed by atoms with Crippen LogP contribution in [0.4, 0.5) is 4.79 Å². The number of aryl methyl sites for hydroxylation is 1. The summed E-state index contributed by atoms with van der Waals surface area (Å²) in [6.07, 6.45) is -0.0126. The van der Waals surface area contributed by atoms with Gasteiger partial charge in [0.15, 0.2) is 0 Å². The van der Waals surface area contributed by atoms with Crippen molar-refractivity contribution in [1.82, 2.24) is 4.90 Å². The van der Waals surface area contributed by atoms with Gasteiger partial charge >= 0.3 is 12.1 Å². The van der Waals surface area contributed by atoms with Crippen LogP contribution < -0.4 is 4.74 Å². The van der Waals surface area contributed by atoms with Gasteiger partial charge in [-0.2, -0.15) is 0 Å². The fraction of sp³-hybridized carbons (Fsp3) is 0.636. The lowest BCUT2D eigenvalue weighted by atomic mass is 10.1. The van der Waals surface area contributed by atoms with Gasteiger partial charge in [0.05, 0.1) is 6.61 Å². The number of amides is 1. The molecular formula is C22H33NO5. The molecule has 2 rings (SSSR count). The lowest BCUT2D eigenvalue weighted by Crippen LogP contribution is -2.45. The standard InChI is InChI=1S/C22H33NO5/c1-15-9-8-10-17(11-15)26-14-16-12-18(19(24)27-21(2,3)4)23(13-16)20(25)28-22(5,6)7/h8-11,16,18H,12-14H2,1-7H3/t16?,18-/m0/s1. The van der Waals surface area contributed by atoms with Crippen molar-refractivity contribution in [2.24, 2.45) is 5.92 Å². The Labute approximate surface area is 168 Å². The number of carbonyl (C=O) groups is 2. The van der Waals surface area contributed by atoms with Gasteiger partial charge in [-0.1, -0.05) is 12.1 Å². The van der Waals surface area contributed by atoms with Crippen molar-refractivity contribution in [1.29, 1.82) is 0 Å². The minimum absolute atomic E-state index is 0.0190. The molecule has 1 aliphatic rings. The zero-order chi connectivity index (χ0) is 21.1. The molecule has 0 bridgehead atoms. The van der Waals surface area contributed by atoms with E-state index in [1.54, 1.807) is 0 Å². The van der Waals surface area contributed by atoms with Crippen molar-refractivity contribution in [3.05, 3.63) is 29.8 Å². The fourth-order valence-corrected chi connectivity index (χ4v) is 3.08. The van der Waals surface area contributed by atoms with Crippen molar-refractivity contribution in [2.45, 2.75) is 72.1 Å². The molecule has 1 saturated heterocycles. The summed E-state index contributed by atoms with van der Waals surface area (Å²) in [5.41, 5.74) is -0.135. The van der Waals surface area contributed by atoms with Gasteiger partial charge in [0.1, 0.15) is 23.0 Å². The third-order valence-electron chi connectivity index (χ3n) is 4.17. The molecule has 1 aromatic carbocycles. The van der Waals surface area contributed by atoms with Crippen LogP contribution in [0.3, 0.4) is 0 Å². The van der Waals surface area contributed by atoms with Gasteiger partial charge in [0, 0.05) is 12.5 Å². The van der Waals surface area contributed by atoms with Gasteiger partial charge < -0.3 is 14.2 Å². The molecule has 1 aromatic rings. The number of esters is 1. The number of hydrogen-bond donors (Lipinski definition) is 0. The monoisotopic (exact) mass is 391 g/mol. The molecule has 0 aromatic heterocycles. The average molecular weight is 392 g/mol. The predicted octanol–water partition coefficient (Wildman–Crippen LogP) is 4.34. The smallest absolute Gasteiger partial charge is 0.411 e. The lowest BCUT2D eigenvalue weighted by Gasteiger charge is -2.29. The first-order valence-electron chi connectivity index (χ1n) is 9.76. The van der Waals surface area contributed by atoms with Crippen LogP contribution in [0.1, 0.15) is 53.5 Å². The van der Waals surface area contributed by atoms with E-state index >= 15 is 0 Å². The van der Waals surface area contributed by atoms with E-state index in [-0.39, 0.29) is 5.92 Å². The highest BCUT2D eigenvalue weighted by Crippen LogP contribution is 2.28. The molecule has 156 valence electrons. The maximum Gasteiger partial charge on any atom is 0.411 e. The second-order valence-corrected chi connectivity index (χ2v) is 9.41. The molecule has 1 aliphatic heterocycles. The molecule has 1 amide bonds. The number of likely N-dealkylation sites (tertiary alicyclic amines) is 1. The normalized spacial score (nSPS) is 20.0. The summed E-state index contributed by atoms with van der Waals surface area (Å²) < 4.78 is 16.9. The third kappa shape index (κ3) is 6.73. The Kier molecular flexibility index (Phi) is 6.63. The van der Waals surface area contributed by atoms with E-state index in [9.17, 15) is 9.59 Å². The molecule has 1 heterocycles. The Bertz CT molecular complexity index is 666. The predicted molar refractivity (Wildman–Crippen MR) is 107 cm³/mol. The highest BCUT2D eigenvalue weighted by atomic mass is 16.6. The van der Waals surface area contributed by atoms with Gasteiger partial charge in [-0.3, -0.25) is 4.90 Å². The number of nitrogens with zero attached hydrogens (tertiary/aromatic N) is 1. The van der Waals surface area contributed by atoms with E-state index < -0.39 is 29.3 Å². The number of rotatable bonds is 4. The number of carbonyl (C=O) groups excluding carboxylic acids is 2. The average Bonchev–Trinajstić information content (AvgIpc) is 2.94. The Morgan fingerprint density at radius 1 is 1.07 bits per heavy atom. The third-order valence-corrected chi connectivity index (χ3v) is 4.17. The maximum atomic E-state index is 12.7. The number of benzene rings is 1. The highest BCUT2D eigenvalue weighted by Gasteiger charge is 2.43. The first kappa shape index (κ1) is 22.1. The van der Waals surface area contributed by atoms with Gasteiger partial charge in [0.25, 0.3) is 0 Å². The molecule has 0 spiro atoms. The summed E-state index contributed by atoms with van der Waals surface area (Å²) in [6, 6.07) is 7.14. The van der Waals surface area contributed by atoms with Crippen molar-refractivity contribution < 1.29 is 23.8 Å². The molecular weight excluding hydrogens is 358 g/mol. The number of hydrogen-bond acceptors (Lipinski definition) is 5. The van der Waals surface area contributed by atoms with Gasteiger partial charge in [-0.15, -0.1) is 0 Å². The molecule has 1 fully saturated rings. The molecule has 6 heteroatoms. The van der Waals surface area contributed by atoms with Crippen LogP contribution in [0.25, 0.3) is 0 Å². The minimum atomic E-state index is -0.666. The highest BCUT2D eigenvalue weighted by molar-refractivity contribution is 5.82. The maximum absolute atomic E-state index is 12.7. The zero-order valence-corrected chi connectivity index (χ0v) is 18.1. The van der Waals surface area contributed by atoms with E-state index in [0.717, 1.165) is 11.3 Å². The van der Waals surface area contributed by atoms with E-state index in [2.05, 4.69) is 0 Å². The summed E-state index contributed by atoms with van der Waals surface area (Å²) in [5, 5.41) is 0. The second-order valence-electron chi connectivity index (χ2n) is 9.41. The fourth-order valence-electron chi connectivity index (χ4n) is 3.08. The topological polar surface area (TPSA) is 65.1 Å². The van der Waals surface area contributed by atoms with Crippen LogP contribution in [0.2, 0.25) is 0 Å². The molecule has 28 heavy (non-hydrogen) atoms. The lowest BCUT2D eigenvalue weighted by molar-refractivity contribution is -0.160. The molecule has 2 atom stereocenters. The molecule has 0 aliphatic carbocycles. The summed E-state index contributed by atoms with van der Waals surface area (Å²) in [4.78, 5) is 26.8. The first-order valence-corrected chi connectivity index (χ1v) is 9.76. The largest absolute Gasteiger partial charge is 0.493 e. The molecule has 0 N–H and O–H groups in total. The Balaban J connectivity index is 2.09. The van der Waals surface area contributed by atoms with Crippen molar-refractivity contribution in [3.63, 3.8) is 0 Å². The van der Waals surface area contributed by atoms with Crippen LogP contribution in [0, 0.1) is 12.8 Å². The minimum Gasteiger partial charge on any atom is -0.493 e. The van der Waals surface area contributed by atoms with Gasteiger partial charge in [-0.25, -0.2) is 9.59 Å². The molecule has 0 saturated carbocycles. The summed E-state index contributed by atoms with van der Waals surface area (Å²) in [6.45, 7) is 13.7. The van der Waals surface area contributed by atoms with Crippen molar-refractivity contribution in [3.8, 4) is 5.75 Å². The second kappa shape index (κ2) is 8.41. The first-order chi connectivity index (χ1) is 12.8. The summed E-state index contributed by atoms with van der Waals surface area (Å²) in [5.74, 6) is 0.395. The van der Waals surface area contributed by atoms with Crippen LogP contribution in [-0.2, 0) is 14.3 Å². The summed E-state index contributed by atoms with van der Waals surface area (Å²) in [7, 11) is 0. The van der Waals surface area contributed by atoms with Crippen LogP contribution in [0.15, 0.2) is 24.3 Å². The van der Waals surface area contributed by atoms with Crippen LogP contribution >= 0.6 is 0 Å². The van der Waals surface area contributed by atoms with Crippen molar-refractivity contribution in [2.75, 3.05) is 13.2 Å². The van der Waals surface area contributed by atoms with E-state index in [1.807, 2.05) is 72.7 Å². The Morgan fingerprint density at radius 2 is 1.71 bits per heavy atom. The van der Waals surface area contributed by atoms with E-state index in [0.29, 0.717) is 19.6 Å². The van der Waals surface area contributed by atoms with Gasteiger partial charge in [-0.05, 0) is 72.6 Å². The zero-order valence-electron chi connectivity index (χ0n) is 18.1. The Morgan fingerprint density at radius 3 is 2.29 bits per heavy atom. The van der Waals surface area contributed by atoms with E-state index in [4.69, 9.17) is 14.2 Å². The van der Waals surface area contributed by atoms with Crippen LogP contribution in [-0.4, -0.2) is 47.4 Å². The molecule has 6 nitrogen and oxygen atoms in total. The molecule has 1 unspecified atom stereocenters. The van der Waals surface area contributed by atoms with E-state index in [1.165, 1.54) is 4.90 Å². The molecule has 0 radical (unpaired) electrons. The number of ether oxygens (including phenoxy) is 3. The SMILES string of the molecule is Cc1cccc(OCC2C[C@@H](C(=O)OC(C)(C)C)N(C(=O)OC(C)(C)C)C2)c1. The van der Waals surface area contributed by atoms with Gasteiger partial charge in [0.2, 0.25) is 0 Å². The van der Waals surface area contributed by atoms with Crippen LogP contribution in [0.5, 0.6) is 5.75 Å². The van der Waals surface area contributed by atoms with Crippen molar-refractivity contribution >= 4 is 12.1 Å². The summed E-state index contributed by atoms with van der Waals surface area (Å²) >= 11 is 0. The Hall–Kier alpha value is -2.24.